The Morgan fingerprint density at radius 2 is 2.29 bits per heavy atom. The van der Waals surface area contributed by atoms with E-state index in [1.165, 1.54) is 0 Å². The van der Waals surface area contributed by atoms with Crippen molar-refractivity contribution in [1.82, 2.24) is 0 Å². The molecule has 0 aromatic carbocycles. The molecular formula is C5H11FO. The lowest BCUT2D eigenvalue weighted by atomic mass is 10.2. The van der Waals surface area contributed by atoms with E-state index in [-0.39, 0.29) is 13.0 Å². The number of alkyl halides is 1. The van der Waals surface area contributed by atoms with Gasteiger partial charge in [0.25, 0.3) is 0 Å². The first kappa shape index (κ1) is 6.89. The van der Waals surface area contributed by atoms with Crippen molar-refractivity contribution < 1.29 is 9.50 Å². The summed E-state index contributed by atoms with van der Waals surface area (Å²) in [5, 5.41) is 8.13. The minimum absolute atomic E-state index is 0.0327. The van der Waals surface area contributed by atoms with E-state index in [9.17, 15) is 4.39 Å². The molecule has 0 aliphatic heterocycles. The second-order valence-corrected chi connectivity index (χ2v) is 1.52. The van der Waals surface area contributed by atoms with Gasteiger partial charge in [-0.1, -0.05) is 6.92 Å². The van der Waals surface area contributed by atoms with Gasteiger partial charge in [-0.15, -0.1) is 0 Å². The van der Waals surface area contributed by atoms with Crippen molar-refractivity contribution >= 4 is 0 Å². The quantitative estimate of drug-likeness (QED) is 0.571. The highest BCUT2D eigenvalue weighted by Crippen LogP contribution is 1.99. The maximum Gasteiger partial charge on any atom is 0.102 e. The maximum atomic E-state index is 12.0. The third-order valence-corrected chi connectivity index (χ3v) is 0.885. The third kappa shape index (κ3) is 3.73. The molecule has 0 amide bonds. The van der Waals surface area contributed by atoms with E-state index >= 15 is 0 Å². The normalized spacial score (nSPS) is 14.1. The summed E-state index contributed by atoms with van der Waals surface area (Å²) in [6.07, 6.45) is 0.00171. The van der Waals surface area contributed by atoms with Crippen LogP contribution in [0.3, 0.4) is 0 Å². The lowest BCUT2D eigenvalue weighted by Crippen LogP contribution is -1.99. The van der Waals surface area contributed by atoms with Gasteiger partial charge >= 0.3 is 0 Å². The van der Waals surface area contributed by atoms with E-state index in [1.54, 1.807) is 6.92 Å². The van der Waals surface area contributed by atoms with Gasteiger partial charge in [0.1, 0.15) is 6.17 Å². The highest BCUT2D eigenvalue weighted by atomic mass is 19.1. The van der Waals surface area contributed by atoms with Gasteiger partial charge in [0, 0.05) is 13.0 Å². The summed E-state index contributed by atoms with van der Waals surface area (Å²) in [7, 11) is 0. The summed E-state index contributed by atoms with van der Waals surface area (Å²) in [5.74, 6) is 0. The van der Waals surface area contributed by atoms with Crippen molar-refractivity contribution in [3.05, 3.63) is 0 Å². The Kier molecular flexibility index (Phi) is 4.00. The monoisotopic (exact) mass is 106 g/mol. The van der Waals surface area contributed by atoms with Gasteiger partial charge < -0.3 is 5.11 Å². The van der Waals surface area contributed by atoms with Crippen molar-refractivity contribution in [3.63, 3.8) is 0 Å². The summed E-state index contributed by atoms with van der Waals surface area (Å²) in [5.41, 5.74) is 0. The predicted octanol–water partition coefficient (Wildman–Crippen LogP) is 1.12. The van der Waals surface area contributed by atoms with Crippen LogP contribution in [0.4, 0.5) is 4.39 Å². The van der Waals surface area contributed by atoms with Gasteiger partial charge in [-0.2, -0.15) is 0 Å². The molecule has 1 nitrogen and oxygen atoms in total. The highest BCUT2D eigenvalue weighted by Gasteiger charge is 1.98. The van der Waals surface area contributed by atoms with Crippen molar-refractivity contribution in [1.29, 1.82) is 0 Å². The van der Waals surface area contributed by atoms with E-state index in [4.69, 9.17) is 5.11 Å². The Hall–Kier alpha value is -0.110. The predicted molar refractivity (Wildman–Crippen MR) is 26.9 cm³/mol. The fourth-order valence-electron chi connectivity index (χ4n) is 0.344. The topological polar surface area (TPSA) is 20.2 Å². The second kappa shape index (κ2) is 4.06. The number of aliphatic hydroxyl groups excluding tert-OH is 1. The van der Waals surface area contributed by atoms with Gasteiger partial charge in [0.2, 0.25) is 0 Å². The zero-order valence-corrected chi connectivity index (χ0v) is 4.52. The number of halogens is 1. The van der Waals surface area contributed by atoms with E-state index in [1.807, 2.05) is 0 Å². The molecule has 0 aromatic heterocycles. The minimum Gasteiger partial charge on any atom is -0.396 e. The van der Waals surface area contributed by atoms with Crippen LogP contribution in [0.2, 0.25) is 0 Å². The molecule has 0 bridgehead atoms. The van der Waals surface area contributed by atoms with Gasteiger partial charge in [0.05, 0.1) is 0 Å². The van der Waals surface area contributed by atoms with Gasteiger partial charge in [0.15, 0.2) is 0 Å². The van der Waals surface area contributed by atoms with Crippen LogP contribution in [0.1, 0.15) is 19.8 Å². The van der Waals surface area contributed by atoms with Crippen LogP contribution in [0.5, 0.6) is 0 Å². The molecule has 0 saturated heterocycles. The zero-order chi connectivity index (χ0) is 5.70. The Bertz CT molecular complexity index is 39.1. The van der Waals surface area contributed by atoms with Crippen molar-refractivity contribution in [2.24, 2.45) is 0 Å². The average Bonchev–Trinajstić information content (AvgIpc) is 1.68. The summed E-state index contributed by atoms with van der Waals surface area (Å²) in [4.78, 5) is 0. The number of aliphatic hydroxyl groups is 1. The Balaban J connectivity index is 2.83. The molecule has 0 heterocycles. The van der Waals surface area contributed by atoms with E-state index < -0.39 is 6.17 Å². The minimum atomic E-state index is -0.801. The molecule has 2 heteroatoms. The summed E-state index contributed by atoms with van der Waals surface area (Å²) in [6.45, 7) is 1.73. The third-order valence-electron chi connectivity index (χ3n) is 0.885. The first-order chi connectivity index (χ1) is 3.31. The van der Waals surface area contributed by atoms with Gasteiger partial charge in [-0.25, -0.2) is 4.39 Å². The summed E-state index contributed by atoms with van der Waals surface area (Å²) < 4.78 is 12.0. The van der Waals surface area contributed by atoms with Crippen molar-refractivity contribution in [2.75, 3.05) is 6.61 Å². The molecule has 0 aromatic rings. The van der Waals surface area contributed by atoms with Crippen LogP contribution in [0.15, 0.2) is 0 Å². The SMILES string of the molecule is CCC(F)CCO. The lowest BCUT2D eigenvalue weighted by Gasteiger charge is -1.97. The molecule has 0 aliphatic carbocycles. The van der Waals surface area contributed by atoms with Crippen LogP contribution in [0.25, 0.3) is 0 Å². The molecular weight excluding hydrogens is 95.1 g/mol. The molecule has 1 unspecified atom stereocenters. The van der Waals surface area contributed by atoms with Crippen LogP contribution in [0, 0.1) is 0 Å². The Labute approximate surface area is 43.2 Å². The molecule has 0 spiro atoms. The fraction of sp³-hybridized carbons (Fsp3) is 1.00. The van der Waals surface area contributed by atoms with Crippen LogP contribution < -0.4 is 0 Å². The zero-order valence-electron chi connectivity index (χ0n) is 4.52. The first-order valence-corrected chi connectivity index (χ1v) is 2.56. The van der Waals surface area contributed by atoms with E-state index in [0.717, 1.165) is 0 Å². The number of hydrogen-bond donors (Lipinski definition) is 1. The fourth-order valence-corrected chi connectivity index (χ4v) is 0.344. The number of rotatable bonds is 3. The number of hydrogen-bond acceptors (Lipinski definition) is 1. The molecule has 0 aliphatic rings. The Morgan fingerprint density at radius 1 is 1.71 bits per heavy atom. The standard InChI is InChI=1S/C5H11FO/c1-2-5(6)3-4-7/h5,7H,2-4H2,1H3. The van der Waals surface area contributed by atoms with Crippen LogP contribution in [-0.2, 0) is 0 Å². The molecule has 0 fully saturated rings. The average molecular weight is 106 g/mol. The highest BCUT2D eigenvalue weighted by molar-refractivity contribution is 4.48. The van der Waals surface area contributed by atoms with Gasteiger partial charge in [-0.3, -0.25) is 0 Å². The Morgan fingerprint density at radius 3 is 2.43 bits per heavy atom. The molecule has 0 saturated carbocycles. The molecule has 7 heavy (non-hydrogen) atoms. The second-order valence-electron chi connectivity index (χ2n) is 1.52. The smallest absolute Gasteiger partial charge is 0.102 e. The van der Waals surface area contributed by atoms with Gasteiger partial charge in [-0.05, 0) is 6.42 Å². The van der Waals surface area contributed by atoms with E-state index in [2.05, 4.69) is 0 Å². The van der Waals surface area contributed by atoms with Crippen molar-refractivity contribution in [3.8, 4) is 0 Å². The van der Waals surface area contributed by atoms with Crippen LogP contribution in [-0.4, -0.2) is 17.9 Å². The first-order valence-electron chi connectivity index (χ1n) is 2.56. The summed E-state index contributed by atoms with van der Waals surface area (Å²) >= 11 is 0. The van der Waals surface area contributed by atoms with Crippen molar-refractivity contribution in [2.45, 2.75) is 25.9 Å². The van der Waals surface area contributed by atoms with Crippen LogP contribution >= 0.6 is 0 Å². The van der Waals surface area contributed by atoms with E-state index in [0.29, 0.717) is 6.42 Å². The molecule has 0 radical (unpaired) electrons. The molecule has 1 atom stereocenters. The largest absolute Gasteiger partial charge is 0.396 e. The molecule has 44 valence electrons. The lowest BCUT2D eigenvalue weighted by molar-refractivity contribution is 0.216. The molecule has 1 N–H and O–H groups in total. The maximum absolute atomic E-state index is 12.0. The summed E-state index contributed by atoms with van der Waals surface area (Å²) in [6, 6.07) is 0. The molecule has 0 rings (SSSR count).